The van der Waals surface area contributed by atoms with Crippen LogP contribution in [0.2, 0.25) is 5.02 Å². The van der Waals surface area contributed by atoms with Crippen LogP contribution in [-0.2, 0) is 9.47 Å². The standard InChI is InChI=1S/C13H16ClNO4/c1-18-13(5-6-19-8-13)7-15-10-4-2-3-9(14)11(10)12(16)17/h2-4,15H,5-8H2,1H3,(H,16,17). The van der Waals surface area contributed by atoms with E-state index >= 15 is 0 Å². The Labute approximate surface area is 116 Å². The Morgan fingerprint density at radius 3 is 3.00 bits per heavy atom. The average Bonchev–Trinajstić information content (AvgIpc) is 2.85. The first-order valence-corrected chi connectivity index (χ1v) is 6.34. The molecule has 1 unspecified atom stereocenters. The van der Waals surface area contributed by atoms with Crippen LogP contribution in [0.15, 0.2) is 18.2 Å². The molecule has 5 nitrogen and oxygen atoms in total. The number of aromatic carboxylic acids is 1. The number of benzene rings is 1. The highest BCUT2D eigenvalue weighted by Gasteiger charge is 2.35. The number of rotatable bonds is 5. The Bertz CT molecular complexity index is 472. The monoisotopic (exact) mass is 285 g/mol. The van der Waals surface area contributed by atoms with E-state index in [4.69, 9.17) is 21.1 Å². The summed E-state index contributed by atoms with van der Waals surface area (Å²) in [4.78, 5) is 11.2. The van der Waals surface area contributed by atoms with E-state index in [-0.39, 0.29) is 10.6 Å². The maximum Gasteiger partial charge on any atom is 0.339 e. The molecule has 104 valence electrons. The number of anilines is 1. The summed E-state index contributed by atoms with van der Waals surface area (Å²) in [6, 6.07) is 4.96. The first kappa shape index (κ1) is 14.1. The average molecular weight is 286 g/mol. The van der Waals surface area contributed by atoms with Crippen LogP contribution in [-0.4, -0.2) is 43.5 Å². The van der Waals surface area contributed by atoms with Gasteiger partial charge >= 0.3 is 5.97 Å². The van der Waals surface area contributed by atoms with Crippen molar-refractivity contribution in [3.63, 3.8) is 0 Å². The van der Waals surface area contributed by atoms with E-state index in [9.17, 15) is 9.90 Å². The van der Waals surface area contributed by atoms with Crippen LogP contribution in [0.25, 0.3) is 0 Å². The molecule has 0 spiro atoms. The maximum atomic E-state index is 11.2. The summed E-state index contributed by atoms with van der Waals surface area (Å²) in [5, 5.41) is 12.5. The number of hydrogen-bond donors (Lipinski definition) is 2. The maximum absolute atomic E-state index is 11.2. The SMILES string of the molecule is COC1(CNc2cccc(Cl)c2C(=O)O)CCOC1. The van der Waals surface area contributed by atoms with Gasteiger partial charge in [-0.1, -0.05) is 17.7 Å². The molecule has 0 saturated carbocycles. The molecule has 1 aromatic rings. The minimum Gasteiger partial charge on any atom is -0.478 e. The van der Waals surface area contributed by atoms with Crippen LogP contribution in [0.1, 0.15) is 16.8 Å². The summed E-state index contributed by atoms with van der Waals surface area (Å²) in [5.41, 5.74) is 0.163. The second-order valence-corrected chi connectivity index (χ2v) is 4.92. The molecule has 6 heteroatoms. The van der Waals surface area contributed by atoms with Crippen LogP contribution in [0.5, 0.6) is 0 Å². The number of carbonyl (C=O) groups is 1. The van der Waals surface area contributed by atoms with E-state index in [1.165, 1.54) is 0 Å². The second-order valence-electron chi connectivity index (χ2n) is 4.51. The summed E-state index contributed by atoms with van der Waals surface area (Å²) in [7, 11) is 1.63. The molecule has 1 aliphatic rings. The molecule has 0 radical (unpaired) electrons. The summed E-state index contributed by atoms with van der Waals surface area (Å²) in [6.45, 7) is 1.63. The highest BCUT2D eigenvalue weighted by molar-refractivity contribution is 6.34. The van der Waals surface area contributed by atoms with E-state index in [1.54, 1.807) is 25.3 Å². The summed E-state index contributed by atoms with van der Waals surface area (Å²) < 4.78 is 10.8. The Kier molecular flexibility index (Phi) is 4.29. The van der Waals surface area contributed by atoms with Crippen molar-refractivity contribution < 1.29 is 19.4 Å². The van der Waals surface area contributed by atoms with Gasteiger partial charge in [-0.25, -0.2) is 4.79 Å². The summed E-state index contributed by atoms with van der Waals surface area (Å²) in [6.07, 6.45) is 0.777. The summed E-state index contributed by atoms with van der Waals surface area (Å²) >= 11 is 5.91. The van der Waals surface area contributed by atoms with Crippen LogP contribution in [0.4, 0.5) is 5.69 Å². The lowest BCUT2D eigenvalue weighted by Gasteiger charge is -2.26. The third-order valence-electron chi connectivity index (χ3n) is 3.33. The highest BCUT2D eigenvalue weighted by Crippen LogP contribution is 2.27. The molecule has 1 heterocycles. The molecule has 0 amide bonds. The first-order valence-electron chi connectivity index (χ1n) is 5.96. The molecule has 2 N–H and O–H groups in total. The topological polar surface area (TPSA) is 67.8 Å². The van der Waals surface area contributed by atoms with Crippen molar-refractivity contribution in [2.45, 2.75) is 12.0 Å². The molecule has 19 heavy (non-hydrogen) atoms. The molecular weight excluding hydrogens is 270 g/mol. The first-order chi connectivity index (χ1) is 9.08. The fraction of sp³-hybridized carbons (Fsp3) is 0.462. The van der Waals surface area contributed by atoms with Gasteiger partial charge in [0.15, 0.2) is 0 Å². The molecule has 1 atom stereocenters. The van der Waals surface area contributed by atoms with E-state index in [1.807, 2.05) is 0 Å². The lowest BCUT2D eigenvalue weighted by molar-refractivity contribution is -0.00622. The van der Waals surface area contributed by atoms with Gasteiger partial charge in [-0.15, -0.1) is 0 Å². The highest BCUT2D eigenvalue weighted by atomic mass is 35.5. The summed E-state index contributed by atoms with van der Waals surface area (Å²) in [5.74, 6) is -1.05. The lowest BCUT2D eigenvalue weighted by atomic mass is 10.0. The second kappa shape index (κ2) is 5.77. The normalized spacial score (nSPS) is 22.4. The molecule has 0 bridgehead atoms. The van der Waals surface area contributed by atoms with Crippen LogP contribution in [0.3, 0.4) is 0 Å². The third kappa shape index (κ3) is 3.00. The largest absolute Gasteiger partial charge is 0.478 e. The van der Waals surface area contributed by atoms with Gasteiger partial charge in [0.05, 0.1) is 17.3 Å². The molecule has 1 aliphatic heterocycles. The number of methoxy groups -OCH3 is 1. The Morgan fingerprint density at radius 1 is 1.63 bits per heavy atom. The van der Waals surface area contributed by atoms with E-state index < -0.39 is 11.6 Å². The van der Waals surface area contributed by atoms with Crippen molar-refractivity contribution in [3.8, 4) is 0 Å². The van der Waals surface area contributed by atoms with Crippen LogP contribution in [0, 0.1) is 0 Å². The zero-order chi connectivity index (χ0) is 13.9. The molecule has 0 aromatic heterocycles. The number of carboxylic acid groups (broad SMARTS) is 1. The van der Waals surface area contributed by atoms with Gasteiger partial charge in [0.25, 0.3) is 0 Å². The molecule has 0 aliphatic carbocycles. The molecule has 1 saturated heterocycles. The zero-order valence-corrected chi connectivity index (χ0v) is 11.4. The molecule has 2 rings (SSSR count). The number of nitrogens with one attached hydrogen (secondary N) is 1. The Balaban J connectivity index is 2.15. The number of ether oxygens (including phenoxy) is 2. The number of hydrogen-bond acceptors (Lipinski definition) is 4. The van der Waals surface area contributed by atoms with Crippen LogP contribution < -0.4 is 5.32 Å². The van der Waals surface area contributed by atoms with Crippen molar-refractivity contribution in [1.29, 1.82) is 0 Å². The number of carboxylic acids is 1. The van der Waals surface area contributed by atoms with Gasteiger partial charge in [0.1, 0.15) is 11.2 Å². The number of halogens is 1. The van der Waals surface area contributed by atoms with Gasteiger partial charge in [-0.05, 0) is 12.1 Å². The van der Waals surface area contributed by atoms with E-state index in [0.717, 1.165) is 6.42 Å². The van der Waals surface area contributed by atoms with Crippen molar-refractivity contribution in [1.82, 2.24) is 0 Å². The zero-order valence-electron chi connectivity index (χ0n) is 10.6. The lowest BCUT2D eigenvalue weighted by Crippen LogP contribution is -2.39. The van der Waals surface area contributed by atoms with Gasteiger partial charge in [-0.2, -0.15) is 0 Å². The van der Waals surface area contributed by atoms with Crippen molar-refractivity contribution >= 4 is 23.3 Å². The smallest absolute Gasteiger partial charge is 0.339 e. The predicted octanol–water partition coefficient (Wildman–Crippen LogP) is 2.26. The Hall–Kier alpha value is -1.30. The molecule has 1 fully saturated rings. The van der Waals surface area contributed by atoms with E-state index in [0.29, 0.717) is 25.4 Å². The fourth-order valence-corrected chi connectivity index (χ4v) is 2.36. The quantitative estimate of drug-likeness (QED) is 0.868. The Morgan fingerprint density at radius 2 is 2.42 bits per heavy atom. The molecule has 1 aromatic carbocycles. The predicted molar refractivity (Wildman–Crippen MR) is 72.1 cm³/mol. The van der Waals surface area contributed by atoms with Crippen molar-refractivity contribution in [2.75, 3.05) is 32.2 Å². The minimum absolute atomic E-state index is 0.0781. The fourth-order valence-electron chi connectivity index (χ4n) is 2.11. The van der Waals surface area contributed by atoms with Crippen LogP contribution >= 0.6 is 11.6 Å². The van der Waals surface area contributed by atoms with Crippen molar-refractivity contribution in [2.24, 2.45) is 0 Å². The van der Waals surface area contributed by atoms with Crippen molar-refractivity contribution in [3.05, 3.63) is 28.8 Å². The van der Waals surface area contributed by atoms with Gasteiger partial charge in [0.2, 0.25) is 0 Å². The minimum atomic E-state index is -1.05. The molecular formula is C13H16ClNO4. The van der Waals surface area contributed by atoms with Gasteiger partial charge in [0, 0.05) is 26.7 Å². The van der Waals surface area contributed by atoms with Gasteiger partial charge < -0.3 is 19.9 Å². The van der Waals surface area contributed by atoms with E-state index in [2.05, 4.69) is 5.32 Å². The third-order valence-corrected chi connectivity index (χ3v) is 3.64. The van der Waals surface area contributed by atoms with Gasteiger partial charge in [-0.3, -0.25) is 0 Å².